The van der Waals surface area contributed by atoms with Gasteiger partial charge in [-0.1, -0.05) is 24.3 Å². The number of rotatable bonds is 6. The standard InChI is InChI=1S/C21H20ClN3O3/c1-15-17(10-7-12-23-15)18-14-24(13-6-5-11-22)21(28)25(20(18)27)19(26)16-8-3-2-4-9-16/h2-4,7-10,12,14H,5-6,11,13H2,1H3. The highest BCUT2D eigenvalue weighted by molar-refractivity contribution is 6.17. The summed E-state index contributed by atoms with van der Waals surface area (Å²) >= 11 is 5.74. The van der Waals surface area contributed by atoms with Crippen LogP contribution in [0, 0.1) is 6.92 Å². The van der Waals surface area contributed by atoms with Crippen molar-refractivity contribution in [2.45, 2.75) is 26.3 Å². The molecule has 3 rings (SSSR count). The maximum atomic E-state index is 13.1. The quantitative estimate of drug-likeness (QED) is 0.473. The van der Waals surface area contributed by atoms with Gasteiger partial charge < -0.3 is 0 Å². The molecule has 2 heterocycles. The van der Waals surface area contributed by atoms with Crippen molar-refractivity contribution in [3.8, 4) is 11.1 Å². The first-order valence-corrected chi connectivity index (χ1v) is 9.52. The van der Waals surface area contributed by atoms with Crippen molar-refractivity contribution < 1.29 is 4.79 Å². The Kier molecular flexibility index (Phi) is 6.21. The van der Waals surface area contributed by atoms with E-state index >= 15 is 0 Å². The first-order chi connectivity index (χ1) is 13.5. The normalized spacial score (nSPS) is 10.8. The summed E-state index contributed by atoms with van der Waals surface area (Å²) in [6.45, 7) is 2.14. The topological polar surface area (TPSA) is 74.0 Å². The Morgan fingerprint density at radius 2 is 1.79 bits per heavy atom. The number of carbonyl (C=O) groups is 1. The minimum atomic E-state index is -0.654. The van der Waals surface area contributed by atoms with Gasteiger partial charge >= 0.3 is 5.69 Å². The van der Waals surface area contributed by atoms with Gasteiger partial charge in [-0.25, -0.2) is 4.79 Å². The van der Waals surface area contributed by atoms with Crippen molar-refractivity contribution in [1.82, 2.24) is 14.1 Å². The molecule has 0 atom stereocenters. The van der Waals surface area contributed by atoms with Gasteiger partial charge in [0.2, 0.25) is 0 Å². The summed E-state index contributed by atoms with van der Waals surface area (Å²) in [5.41, 5.74) is 0.467. The summed E-state index contributed by atoms with van der Waals surface area (Å²) in [6.07, 6.45) is 4.52. The van der Waals surface area contributed by atoms with Gasteiger partial charge in [-0.3, -0.25) is 19.1 Å². The predicted molar refractivity (Wildman–Crippen MR) is 109 cm³/mol. The molecule has 2 aromatic heterocycles. The SMILES string of the molecule is Cc1ncccc1-c1cn(CCCCCl)c(=O)n(C(=O)c2ccccc2)c1=O. The lowest BCUT2D eigenvalue weighted by Gasteiger charge is -2.13. The first-order valence-electron chi connectivity index (χ1n) is 8.98. The highest BCUT2D eigenvalue weighted by atomic mass is 35.5. The maximum Gasteiger partial charge on any atom is 0.338 e. The molecule has 0 N–H and O–H groups in total. The third-order valence-corrected chi connectivity index (χ3v) is 4.73. The molecule has 0 fully saturated rings. The van der Waals surface area contributed by atoms with Gasteiger partial charge in [0.05, 0.1) is 5.56 Å². The Morgan fingerprint density at radius 1 is 1.04 bits per heavy atom. The molecule has 0 bridgehead atoms. The fourth-order valence-corrected chi connectivity index (χ4v) is 3.17. The van der Waals surface area contributed by atoms with Crippen LogP contribution in [-0.2, 0) is 6.54 Å². The Balaban J connectivity index is 2.23. The van der Waals surface area contributed by atoms with E-state index in [9.17, 15) is 14.4 Å². The van der Waals surface area contributed by atoms with Crippen molar-refractivity contribution >= 4 is 17.5 Å². The van der Waals surface area contributed by atoms with Crippen LogP contribution in [0.2, 0.25) is 0 Å². The molecule has 0 radical (unpaired) electrons. The van der Waals surface area contributed by atoms with Gasteiger partial charge in [0.1, 0.15) is 0 Å². The number of benzene rings is 1. The molecule has 6 nitrogen and oxygen atoms in total. The van der Waals surface area contributed by atoms with E-state index < -0.39 is 17.2 Å². The van der Waals surface area contributed by atoms with Gasteiger partial charge in [0.15, 0.2) is 0 Å². The Bertz CT molecular complexity index is 1100. The van der Waals surface area contributed by atoms with Crippen LogP contribution in [-0.4, -0.2) is 25.9 Å². The summed E-state index contributed by atoms with van der Waals surface area (Å²) in [4.78, 5) is 43.2. The van der Waals surface area contributed by atoms with Crippen molar-refractivity contribution in [3.05, 3.63) is 87.0 Å². The first kappa shape index (κ1) is 19.8. The number of aromatic nitrogens is 3. The van der Waals surface area contributed by atoms with Gasteiger partial charge in [-0.05, 0) is 38.0 Å². The minimum absolute atomic E-state index is 0.264. The average Bonchev–Trinajstić information content (AvgIpc) is 2.71. The maximum absolute atomic E-state index is 13.1. The van der Waals surface area contributed by atoms with E-state index in [2.05, 4.69) is 4.98 Å². The summed E-state index contributed by atoms with van der Waals surface area (Å²) < 4.78 is 2.11. The molecule has 144 valence electrons. The van der Waals surface area contributed by atoms with Crippen LogP contribution in [0.1, 0.15) is 28.9 Å². The summed E-state index contributed by atoms with van der Waals surface area (Å²) in [5, 5.41) is 0. The Hall–Kier alpha value is -2.99. The molecule has 0 aliphatic rings. The number of aryl methyl sites for hydroxylation is 2. The van der Waals surface area contributed by atoms with E-state index in [0.29, 0.717) is 34.7 Å². The summed E-state index contributed by atoms with van der Waals surface area (Å²) in [6, 6.07) is 11.8. The van der Waals surface area contributed by atoms with E-state index in [1.165, 1.54) is 10.8 Å². The van der Waals surface area contributed by atoms with E-state index in [0.717, 1.165) is 6.42 Å². The zero-order valence-electron chi connectivity index (χ0n) is 15.5. The van der Waals surface area contributed by atoms with Crippen molar-refractivity contribution in [2.75, 3.05) is 5.88 Å². The number of pyridine rings is 1. The van der Waals surface area contributed by atoms with Crippen LogP contribution >= 0.6 is 11.6 Å². The monoisotopic (exact) mass is 397 g/mol. The fraction of sp³-hybridized carbons (Fsp3) is 0.238. The van der Waals surface area contributed by atoms with Crippen LogP contribution < -0.4 is 11.2 Å². The highest BCUT2D eigenvalue weighted by Gasteiger charge is 2.20. The highest BCUT2D eigenvalue weighted by Crippen LogP contribution is 2.17. The molecular weight excluding hydrogens is 378 g/mol. The molecule has 0 aliphatic carbocycles. The molecule has 0 saturated heterocycles. The zero-order chi connectivity index (χ0) is 20.1. The van der Waals surface area contributed by atoms with Crippen molar-refractivity contribution in [3.63, 3.8) is 0 Å². The van der Waals surface area contributed by atoms with Crippen molar-refractivity contribution in [1.29, 1.82) is 0 Å². The average molecular weight is 398 g/mol. The second kappa shape index (κ2) is 8.80. The third-order valence-electron chi connectivity index (χ3n) is 4.46. The van der Waals surface area contributed by atoms with Crippen LogP contribution in [0.4, 0.5) is 0 Å². The van der Waals surface area contributed by atoms with Crippen LogP contribution in [0.25, 0.3) is 11.1 Å². The van der Waals surface area contributed by atoms with Crippen LogP contribution in [0.3, 0.4) is 0 Å². The molecule has 0 spiro atoms. The molecule has 0 saturated carbocycles. The van der Waals surface area contributed by atoms with Crippen LogP contribution in [0.15, 0.2) is 64.4 Å². The molecule has 0 aliphatic heterocycles. The van der Waals surface area contributed by atoms with E-state index in [1.807, 2.05) is 0 Å². The zero-order valence-corrected chi connectivity index (χ0v) is 16.2. The lowest BCUT2D eigenvalue weighted by atomic mass is 10.1. The van der Waals surface area contributed by atoms with Gasteiger partial charge in [-0.2, -0.15) is 4.57 Å². The molecule has 0 amide bonds. The molecule has 7 heteroatoms. The lowest BCUT2D eigenvalue weighted by Crippen LogP contribution is -2.44. The number of carbonyl (C=O) groups excluding carboxylic acids is 1. The molecule has 3 aromatic rings. The van der Waals surface area contributed by atoms with E-state index in [1.54, 1.807) is 55.6 Å². The van der Waals surface area contributed by atoms with Crippen molar-refractivity contribution in [2.24, 2.45) is 0 Å². The molecule has 1 aromatic carbocycles. The van der Waals surface area contributed by atoms with Crippen LogP contribution in [0.5, 0.6) is 0 Å². The Labute approximate surface area is 167 Å². The fourth-order valence-electron chi connectivity index (χ4n) is 2.98. The largest absolute Gasteiger partial charge is 0.338 e. The van der Waals surface area contributed by atoms with Gasteiger partial charge in [-0.15, -0.1) is 11.6 Å². The number of halogens is 1. The minimum Gasteiger partial charge on any atom is -0.299 e. The smallest absolute Gasteiger partial charge is 0.299 e. The predicted octanol–water partition coefficient (Wildman–Crippen LogP) is 3.09. The second-order valence-electron chi connectivity index (χ2n) is 6.36. The molecule has 0 unspecified atom stereocenters. The Morgan fingerprint density at radius 3 is 2.46 bits per heavy atom. The number of hydrogen-bond donors (Lipinski definition) is 0. The lowest BCUT2D eigenvalue weighted by molar-refractivity contribution is 0.0948. The molecular formula is C21H20ClN3O3. The van der Waals surface area contributed by atoms with E-state index in [-0.39, 0.29) is 11.1 Å². The van der Waals surface area contributed by atoms with E-state index in [4.69, 9.17) is 11.6 Å². The number of hydrogen-bond acceptors (Lipinski definition) is 4. The summed E-state index contributed by atoms with van der Waals surface area (Å²) in [5.74, 6) is -0.170. The van der Waals surface area contributed by atoms with Gasteiger partial charge in [0, 0.05) is 41.6 Å². The number of alkyl halides is 1. The summed E-state index contributed by atoms with van der Waals surface area (Å²) in [7, 11) is 0. The third kappa shape index (κ3) is 3.97. The number of unbranched alkanes of at least 4 members (excludes halogenated alkanes) is 1. The van der Waals surface area contributed by atoms with Gasteiger partial charge in [0.25, 0.3) is 11.5 Å². The second-order valence-corrected chi connectivity index (χ2v) is 6.74. The molecule has 28 heavy (non-hydrogen) atoms. The number of nitrogens with zero attached hydrogens (tertiary/aromatic N) is 3.